The number of hydrogen-bond donors (Lipinski definition) is 0. The van der Waals surface area contributed by atoms with E-state index in [1.54, 1.807) is 0 Å². The average Bonchev–Trinajstić information content (AvgIpc) is 2.64. The summed E-state index contributed by atoms with van der Waals surface area (Å²) in [6.07, 6.45) is 1.13. The summed E-state index contributed by atoms with van der Waals surface area (Å²) in [7, 11) is 4.28. The van der Waals surface area contributed by atoms with E-state index in [9.17, 15) is 0 Å². The molecule has 0 bridgehead atoms. The molecule has 3 aromatic carbocycles. The predicted octanol–water partition coefficient (Wildman–Crippen LogP) is 5.86. The highest BCUT2D eigenvalue weighted by Crippen LogP contribution is 2.30. The molecule has 0 fully saturated rings. The molecule has 0 radical (unpaired) electrons. The first-order chi connectivity index (χ1) is 11.7. The third kappa shape index (κ3) is 5.19. The Balaban J connectivity index is 0.00000225. The maximum Gasteiger partial charge on any atom is 0.0101 e. The van der Waals surface area contributed by atoms with Gasteiger partial charge in [0.2, 0.25) is 0 Å². The summed E-state index contributed by atoms with van der Waals surface area (Å²) >= 11 is 0. The zero-order valence-electron chi connectivity index (χ0n) is 14.9. The van der Waals surface area contributed by atoms with Crippen molar-refractivity contribution >= 4 is 12.4 Å². The smallest absolute Gasteiger partial charge is 0.0101 e. The van der Waals surface area contributed by atoms with Gasteiger partial charge in [-0.05, 0) is 49.3 Å². The summed E-state index contributed by atoms with van der Waals surface area (Å²) in [5.74, 6) is 0.443. The summed E-state index contributed by atoms with van der Waals surface area (Å²) < 4.78 is 0. The fraction of sp³-hybridized carbons (Fsp3) is 0.217. The fourth-order valence-electron chi connectivity index (χ4n) is 3.14. The molecule has 0 saturated heterocycles. The van der Waals surface area contributed by atoms with E-state index in [1.807, 2.05) is 0 Å². The largest absolute Gasteiger partial charge is 0.309 e. The lowest BCUT2D eigenvalue weighted by molar-refractivity contribution is 0.390. The van der Waals surface area contributed by atoms with Crippen LogP contribution in [0.15, 0.2) is 84.9 Å². The van der Waals surface area contributed by atoms with Crippen LogP contribution in [-0.4, -0.2) is 25.5 Å². The van der Waals surface area contributed by atoms with E-state index < -0.39 is 0 Å². The maximum atomic E-state index is 2.29. The predicted molar refractivity (Wildman–Crippen MR) is 111 cm³/mol. The van der Waals surface area contributed by atoms with Crippen molar-refractivity contribution in [1.29, 1.82) is 0 Å². The molecule has 1 unspecified atom stereocenters. The summed E-state index contributed by atoms with van der Waals surface area (Å²) in [5.41, 5.74) is 5.34. The van der Waals surface area contributed by atoms with Crippen LogP contribution in [0.2, 0.25) is 0 Å². The molecule has 0 aliphatic rings. The quantitative estimate of drug-likeness (QED) is 0.537. The zero-order valence-corrected chi connectivity index (χ0v) is 15.7. The Bertz CT molecular complexity index is 736. The average molecular weight is 352 g/mol. The van der Waals surface area contributed by atoms with Crippen molar-refractivity contribution in [2.24, 2.45) is 0 Å². The van der Waals surface area contributed by atoms with E-state index in [0.717, 1.165) is 13.0 Å². The SMILES string of the molecule is CN(C)CCC(c1ccccc1)c1ccc(-c2ccccc2)cc1.Cl. The third-order valence-electron chi connectivity index (χ3n) is 4.49. The van der Waals surface area contributed by atoms with Gasteiger partial charge in [-0.2, -0.15) is 0 Å². The summed E-state index contributed by atoms with van der Waals surface area (Å²) in [4.78, 5) is 2.26. The molecule has 3 aromatic rings. The van der Waals surface area contributed by atoms with Crippen LogP contribution in [0.5, 0.6) is 0 Å². The van der Waals surface area contributed by atoms with Gasteiger partial charge in [-0.3, -0.25) is 0 Å². The Kier molecular flexibility index (Phi) is 7.24. The molecule has 0 aliphatic carbocycles. The molecule has 0 amide bonds. The summed E-state index contributed by atoms with van der Waals surface area (Å²) in [6.45, 7) is 1.08. The molecule has 0 N–H and O–H groups in total. The van der Waals surface area contributed by atoms with E-state index in [4.69, 9.17) is 0 Å². The van der Waals surface area contributed by atoms with Crippen molar-refractivity contribution in [3.05, 3.63) is 96.1 Å². The normalized spacial score (nSPS) is 11.8. The molecular weight excluding hydrogens is 326 g/mol. The molecule has 0 saturated carbocycles. The molecule has 1 nitrogen and oxygen atoms in total. The van der Waals surface area contributed by atoms with Gasteiger partial charge >= 0.3 is 0 Å². The van der Waals surface area contributed by atoms with Crippen molar-refractivity contribution in [3.63, 3.8) is 0 Å². The molecule has 25 heavy (non-hydrogen) atoms. The first kappa shape index (κ1) is 19.2. The topological polar surface area (TPSA) is 3.24 Å². The van der Waals surface area contributed by atoms with Gasteiger partial charge in [0.1, 0.15) is 0 Å². The monoisotopic (exact) mass is 351 g/mol. The van der Waals surface area contributed by atoms with Crippen LogP contribution in [0.1, 0.15) is 23.5 Å². The van der Waals surface area contributed by atoms with Crippen LogP contribution >= 0.6 is 12.4 Å². The molecule has 0 heterocycles. The van der Waals surface area contributed by atoms with Crippen molar-refractivity contribution < 1.29 is 0 Å². The number of hydrogen-bond acceptors (Lipinski definition) is 1. The van der Waals surface area contributed by atoms with Gasteiger partial charge in [0, 0.05) is 5.92 Å². The van der Waals surface area contributed by atoms with Crippen molar-refractivity contribution in [2.75, 3.05) is 20.6 Å². The van der Waals surface area contributed by atoms with Gasteiger partial charge < -0.3 is 4.90 Å². The second-order valence-electron chi connectivity index (χ2n) is 6.54. The highest BCUT2D eigenvalue weighted by atomic mass is 35.5. The van der Waals surface area contributed by atoms with E-state index in [1.165, 1.54) is 22.3 Å². The van der Waals surface area contributed by atoms with Crippen LogP contribution in [-0.2, 0) is 0 Å². The van der Waals surface area contributed by atoms with E-state index in [0.29, 0.717) is 5.92 Å². The Hall–Kier alpha value is -2.09. The molecule has 2 heteroatoms. The highest BCUT2D eigenvalue weighted by Gasteiger charge is 2.14. The second kappa shape index (κ2) is 9.41. The second-order valence-corrected chi connectivity index (χ2v) is 6.54. The number of rotatable bonds is 6. The summed E-state index contributed by atoms with van der Waals surface area (Å²) in [5, 5.41) is 0. The Morgan fingerprint density at radius 1 is 0.640 bits per heavy atom. The van der Waals surface area contributed by atoms with Gasteiger partial charge in [0.05, 0.1) is 0 Å². The van der Waals surface area contributed by atoms with Gasteiger partial charge in [-0.1, -0.05) is 84.9 Å². The molecular formula is C23H26ClN. The van der Waals surface area contributed by atoms with Crippen molar-refractivity contribution in [1.82, 2.24) is 4.90 Å². The number of nitrogens with zero attached hydrogens (tertiary/aromatic N) is 1. The molecule has 0 aliphatic heterocycles. The molecule has 3 rings (SSSR count). The van der Waals surface area contributed by atoms with E-state index >= 15 is 0 Å². The van der Waals surface area contributed by atoms with Crippen molar-refractivity contribution in [2.45, 2.75) is 12.3 Å². The van der Waals surface area contributed by atoms with Gasteiger partial charge in [-0.25, -0.2) is 0 Å². The first-order valence-corrected chi connectivity index (χ1v) is 8.59. The Labute approximate surface area is 157 Å². The molecule has 0 spiro atoms. The minimum absolute atomic E-state index is 0. The molecule has 1 atom stereocenters. The van der Waals surface area contributed by atoms with Crippen LogP contribution in [0.4, 0.5) is 0 Å². The fourth-order valence-corrected chi connectivity index (χ4v) is 3.14. The lowest BCUT2D eigenvalue weighted by Crippen LogP contribution is -2.16. The Morgan fingerprint density at radius 2 is 1.12 bits per heavy atom. The first-order valence-electron chi connectivity index (χ1n) is 8.59. The number of halogens is 1. The van der Waals surface area contributed by atoms with Gasteiger partial charge in [0.15, 0.2) is 0 Å². The minimum Gasteiger partial charge on any atom is -0.309 e. The molecule has 0 aromatic heterocycles. The highest BCUT2D eigenvalue weighted by molar-refractivity contribution is 5.85. The minimum atomic E-state index is 0. The standard InChI is InChI=1S/C23H25N.ClH/c1-24(2)18-17-23(21-11-7-4-8-12-21)22-15-13-20(14-16-22)19-9-5-3-6-10-19;/h3-16,23H,17-18H2,1-2H3;1H. The Morgan fingerprint density at radius 3 is 1.68 bits per heavy atom. The summed E-state index contributed by atoms with van der Waals surface area (Å²) in [6, 6.07) is 30.5. The van der Waals surface area contributed by atoms with Crippen LogP contribution in [0.3, 0.4) is 0 Å². The lowest BCUT2D eigenvalue weighted by Gasteiger charge is -2.20. The maximum absolute atomic E-state index is 2.29. The van der Waals surface area contributed by atoms with Gasteiger partial charge in [-0.15, -0.1) is 12.4 Å². The molecule has 130 valence electrons. The lowest BCUT2D eigenvalue weighted by atomic mass is 9.87. The van der Waals surface area contributed by atoms with Crippen LogP contribution in [0.25, 0.3) is 11.1 Å². The van der Waals surface area contributed by atoms with E-state index in [2.05, 4.69) is 104 Å². The van der Waals surface area contributed by atoms with Crippen molar-refractivity contribution in [3.8, 4) is 11.1 Å². The van der Waals surface area contributed by atoms with Crippen LogP contribution < -0.4 is 0 Å². The van der Waals surface area contributed by atoms with E-state index in [-0.39, 0.29) is 12.4 Å². The van der Waals surface area contributed by atoms with Crippen LogP contribution in [0, 0.1) is 0 Å². The number of benzene rings is 3. The zero-order chi connectivity index (χ0) is 16.8. The van der Waals surface area contributed by atoms with Gasteiger partial charge in [0.25, 0.3) is 0 Å². The third-order valence-corrected chi connectivity index (χ3v) is 4.49.